The average molecular weight is 412 g/mol. The highest BCUT2D eigenvalue weighted by atomic mass is 16.5. The van der Waals surface area contributed by atoms with Gasteiger partial charge < -0.3 is 24.4 Å². The van der Waals surface area contributed by atoms with Crippen LogP contribution in [0.4, 0.5) is 0 Å². The third kappa shape index (κ3) is 5.73. The number of rotatable bonds is 9. The molecule has 160 valence electrons. The lowest BCUT2D eigenvalue weighted by Gasteiger charge is -2.23. The van der Waals surface area contributed by atoms with Crippen LogP contribution in [0, 0.1) is 0 Å². The van der Waals surface area contributed by atoms with Crippen LogP contribution < -0.4 is 14.8 Å². The molecule has 1 fully saturated rings. The van der Waals surface area contributed by atoms with Crippen molar-refractivity contribution in [3.63, 3.8) is 0 Å². The van der Waals surface area contributed by atoms with E-state index < -0.39 is 6.04 Å². The van der Waals surface area contributed by atoms with Crippen molar-refractivity contribution in [1.29, 1.82) is 0 Å². The Kier molecular flexibility index (Phi) is 7.68. The zero-order valence-electron chi connectivity index (χ0n) is 17.4. The molecule has 0 unspecified atom stereocenters. The Labute approximate surface area is 176 Å². The van der Waals surface area contributed by atoms with Crippen molar-refractivity contribution >= 4 is 11.8 Å². The van der Waals surface area contributed by atoms with E-state index in [0.29, 0.717) is 31.9 Å². The number of hydrogen-bond donors (Lipinski definition) is 1. The van der Waals surface area contributed by atoms with E-state index in [1.54, 1.807) is 19.1 Å². The first-order valence-corrected chi connectivity index (χ1v) is 10.0. The van der Waals surface area contributed by atoms with Crippen LogP contribution in [-0.2, 0) is 20.7 Å². The molecule has 1 saturated heterocycles. The van der Waals surface area contributed by atoms with Crippen LogP contribution >= 0.6 is 0 Å². The number of nitrogens with zero attached hydrogens (tertiary/aromatic N) is 1. The van der Waals surface area contributed by atoms with Crippen LogP contribution in [-0.4, -0.2) is 62.8 Å². The summed E-state index contributed by atoms with van der Waals surface area (Å²) in [5.74, 6) is 1.11. The molecule has 0 saturated carbocycles. The summed E-state index contributed by atoms with van der Waals surface area (Å²) in [5, 5.41) is 2.84. The van der Waals surface area contributed by atoms with Crippen molar-refractivity contribution in [3.8, 4) is 11.5 Å². The molecule has 1 heterocycles. The molecule has 30 heavy (non-hydrogen) atoms. The summed E-state index contributed by atoms with van der Waals surface area (Å²) in [5.41, 5.74) is 0.838. The molecular weight excluding hydrogens is 384 g/mol. The highest BCUT2D eigenvalue weighted by molar-refractivity contribution is 5.89. The monoisotopic (exact) mass is 412 g/mol. The first-order valence-electron chi connectivity index (χ1n) is 10.0. The molecule has 0 bridgehead atoms. The van der Waals surface area contributed by atoms with Crippen LogP contribution in [0.1, 0.15) is 12.0 Å². The fraction of sp³-hybridized carbons (Fsp3) is 0.391. The van der Waals surface area contributed by atoms with E-state index in [9.17, 15) is 9.59 Å². The van der Waals surface area contributed by atoms with Gasteiger partial charge in [0.25, 0.3) is 0 Å². The summed E-state index contributed by atoms with van der Waals surface area (Å²) in [7, 11) is 3.17. The number of methoxy groups -OCH3 is 2. The second-order valence-corrected chi connectivity index (χ2v) is 7.16. The van der Waals surface area contributed by atoms with Crippen LogP contribution in [0.2, 0.25) is 0 Å². The molecule has 3 rings (SSSR count). The van der Waals surface area contributed by atoms with Gasteiger partial charge in [0.2, 0.25) is 11.8 Å². The molecular formula is C23H28N2O5. The van der Waals surface area contributed by atoms with Crippen LogP contribution in [0.3, 0.4) is 0 Å². The van der Waals surface area contributed by atoms with Crippen molar-refractivity contribution in [1.82, 2.24) is 10.2 Å². The van der Waals surface area contributed by atoms with Crippen molar-refractivity contribution in [2.24, 2.45) is 0 Å². The molecule has 7 heteroatoms. The van der Waals surface area contributed by atoms with Crippen LogP contribution in [0.15, 0.2) is 54.6 Å². The fourth-order valence-electron chi connectivity index (χ4n) is 3.55. The Balaban J connectivity index is 1.71. The molecule has 2 aromatic carbocycles. The number of nitrogens with one attached hydrogen (secondary N) is 1. The predicted octanol–water partition coefficient (Wildman–Crippen LogP) is 2.05. The van der Waals surface area contributed by atoms with E-state index in [1.165, 1.54) is 0 Å². The van der Waals surface area contributed by atoms with Gasteiger partial charge in [-0.15, -0.1) is 0 Å². The average Bonchev–Trinajstić information content (AvgIpc) is 3.19. The molecule has 0 aliphatic carbocycles. The zero-order valence-corrected chi connectivity index (χ0v) is 17.4. The number of ether oxygens (including phenoxy) is 3. The Hall–Kier alpha value is -3.06. The fourth-order valence-corrected chi connectivity index (χ4v) is 3.55. The summed E-state index contributed by atoms with van der Waals surface area (Å²) < 4.78 is 16.3. The van der Waals surface area contributed by atoms with Gasteiger partial charge in [-0.1, -0.05) is 30.3 Å². The Morgan fingerprint density at radius 1 is 1.07 bits per heavy atom. The van der Waals surface area contributed by atoms with Crippen molar-refractivity contribution < 1.29 is 23.8 Å². The lowest BCUT2D eigenvalue weighted by Crippen LogP contribution is -2.47. The molecule has 2 atom stereocenters. The predicted molar refractivity (Wildman–Crippen MR) is 113 cm³/mol. The highest BCUT2D eigenvalue weighted by Crippen LogP contribution is 2.24. The lowest BCUT2D eigenvalue weighted by atomic mass is 10.1. The minimum Gasteiger partial charge on any atom is -0.497 e. The molecule has 0 radical (unpaired) electrons. The third-order valence-electron chi connectivity index (χ3n) is 5.03. The first-order chi connectivity index (χ1) is 14.6. The maximum Gasteiger partial charge on any atom is 0.243 e. The number of hydrogen-bond acceptors (Lipinski definition) is 5. The van der Waals surface area contributed by atoms with Gasteiger partial charge in [-0.2, -0.15) is 0 Å². The van der Waals surface area contributed by atoms with Gasteiger partial charge in [0.15, 0.2) is 0 Å². The summed E-state index contributed by atoms with van der Waals surface area (Å²) in [6, 6.07) is 16.3. The Morgan fingerprint density at radius 3 is 2.57 bits per heavy atom. The molecule has 7 nitrogen and oxygen atoms in total. The Bertz CT molecular complexity index is 842. The summed E-state index contributed by atoms with van der Waals surface area (Å²) in [6.07, 6.45) is 0.383. The van der Waals surface area contributed by atoms with Gasteiger partial charge in [0.1, 0.15) is 23.6 Å². The first kappa shape index (κ1) is 21.6. The number of benzene rings is 2. The van der Waals surface area contributed by atoms with Gasteiger partial charge in [-0.3, -0.25) is 9.59 Å². The second-order valence-electron chi connectivity index (χ2n) is 7.16. The number of amides is 2. The molecule has 2 amide bonds. The SMILES string of the molecule is COCCNC(=O)[C@@H]1C[C@H](Oc2ccccc2)CN1C(=O)Cc1cccc(OC)c1. The van der Waals surface area contributed by atoms with Crippen LogP contribution in [0.5, 0.6) is 11.5 Å². The van der Waals surface area contributed by atoms with E-state index in [4.69, 9.17) is 14.2 Å². The van der Waals surface area contributed by atoms with Gasteiger partial charge in [0.05, 0.1) is 26.7 Å². The molecule has 1 aliphatic heterocycles. The third-order valence-corrected chi connectivity index (χ3v) is 5.03. The van der Waals surface area contributed by atoms with Gasteiger partial charge in [-0.05, 0) is 29.8 Å². The second kappa shape index (κ2) is 10.6. The minimum atomic E-state index is -0.575. The molecule has 1 N–H and O–H groups in total. The molecule has 2 aromatic rings. The number of carbonyl (C=O) groups is 2. The maximum absolute atomic E-state index is 13.1. The standard InChI is InChI=1S/C23H28N2O5/c1-28-12-11-24-23(27)21-15-20(30-18-8-4-3-5-9-18)16-25(21)22(26)14-17-7-6-10-19(13-17)29-2/h3-10,13,20-21H,11-12,14-16H2,1-2H3,(H,24,27)/t20-,21-/m0/s1. The van der Waals surface area contributed by atoms with Crippen LogP contribution in [0.25, 0.3) is 0 Å². The summed E-state index contributed by atoms with van der Waals surface area (Å²) in [4.78, 5) is 27.5. The number of carbonyl (C=O) groups excluding carboxylic acids is 2. The largest absolute Gasteiger partial charge is 0.497 e. The number of likely N-dealkylation sites (tertiary alicyclic amines) is 1. The molecule has 0 aromatic heterocycles. The van der Waals surface area contributed by atoms with E-state index in [0.717, 1.165) is 11.3 Å². The van der Waals surface area contributed by atoms with Gasteiger partial charge in [-0.25, -0.2) is 0 Å². The zero-order chi connectivity index (χ0) is 21.3. The maximum atomic E-state index is 13.1. The topological polar surface area (TPSA) is 77.1 Å². The van der Waals surface area contributed by atoms with Crippen molar-refractivity contribution in [2.75, 3.05) is 33.9 Å². The smallest absolute Gasteiger partial charge is 0.243 e. The van der Waals surface area contributed by atoms with E-state index in [1.807, 2.05) is 54.6 Å². The van der Waals surface area contributed by atoms with Crippen molar-refractivity contribution in [3.05, 3.63) is 60.2 Å². The van der Waals surface area contributed by atoms with E-state index in [-0.39, 0.29) is 24.3 Å². The number of para-hydroxylation sites is 1. The lowest BCUT2D eigenvalue weighted by molar-refractivity contribution is -0.138. The summed E-state index contributed by atoms with van der Waals surface area (Å²) in [6.45, 7) is 1.17. The van der Waals surface area contributed by atoms with Crippen molar-refractivity contribution in [2.45, 2.75) is 25.0 Å². The minimum absolute atomic E-state index is 0.116. The molecule has 0 spiro atoms. The van der Waals surface area contributed by atoms with Gasteiger partial charge >= 0.3 is 0 Å². The molecule has 1 aliphatic rings. The Morgan fingerprint density at radius 2 is 1.83 bits per heavy atom. The normalized spacial score (nSPS) is 18.1. The highest BCUT2D eigenvalue weighted by Gasteiger charge is 2.40. The summed E-state index contributed by atoms with van der Waals surface area (Å²) >= 11 is 0. The van der Waals surface area contributed by atoms with E-state index in [2.05, 4.69) is 5.32 Å². The quantitative estimate of drug-likeness (QED) is 0.638. The van der Waals surface area contributed by atoms with Gasteiger partial charge in [0, 0.05) is 20.1 Å². The van der Waals surface area contributed by atoms with E-state index >= 15 is 0 Å².